The van der Waals surface area contributed by atoms with Crippen molar-refractivity contribution in [1.82, 2.24) is 5.32 Å². The standard InChI is InChI=1S/C15H11BrFNO3/c16-14-8-7-13(21-14)15(19)18-9-3-4-10-20-12-6-2-1-5-11(12)17/h1-2,5-8H,9-10H2,(H,18,19). The molecule has 1 aromatic heterocycles. The fourth-order valence-corrected chi connectivity index (χ4v) is 1.74. The van der Waals surface area contributed by atoms with Crippen molar-refractivity contribution in [2.24, 2.45) is 0 Å². The molecule has 21 heavy (non-hydrogen) atoms. The van der Waals surface area contributed by atoms with Gasteiger partial charge in [-0.2, -0.15) is 0 Å². The summed E-state index contributed by atoms with van der Waals surface area (Å²) in [4.78, 5) is 11.6. The highest BCUT2D eigenvalue weighted by Gasteiger charge is 2.08. The summed E-state index contributed by atoms with van der Waals surface area (Å²) in [5.74, 6) is 4.94. The van der Waals surface area contributed by atoms with E-state index in [2.05, 4.69) is 33.1 Å². The van der Waals surface area contributed by atoms with Crippen molar-refractivity contribution in [1.29, 1.82) is 0 Å². The van der Waals surface area contributed by atoms with Gasteiger partial charge in [-0.3, -0.25) is 4.79 Å². The normalized spacial score (nSPS) is 9.62. The van der Waals surface area contributed by atoms with Crippen molar-refractivity contribution in [3.8, 4) is 17.6 Å². The van der Waals surface area contributed by atoms with Crippen molar-refractivity contribution in [2.45, 2.75) is 0 Å². The van der Waals surface area contributed by atoms with Crippen LogP contribution in [0.15, 0.2) is 45.5 Å². The highest BCUT2D eigenvalue weighted by molar-refractivity contribution is 9.10. The van der Waals surface area contributed by atoms with Crippen molar-refractivity contribution in [2.75, 3.05) is 13.2 Å². The summed E-state index contributed by atoms with van der Waals surface area (Å²) in [5.41, 5.74) is 0. The number of para-hydroxylation sites is 1. The van der Waals surface area contributed by atoms with Crippen molar-refractivity contribution in [3.63, 3.8) is 0 Å². The Hall–Kier alpha value is -2.26. The molecular weight excluding hydrogens is 341 g/mol. The lowest BCUT2D eigenvalue weighted by molar-refractivity contribution is 0.0930. The van der Waals surface area contributed by atoms with Gasteiger partial charge in [-0.05, 0) is 40.2 Å². The van der Waals surface area contributed by atoms with Crippen LogP contribution in [0.1, 0.15) is 10.6 Å². The van der Waals surface area contributed by atoms with Crippen LogP contribution in [-0.2, 0) is 0 Å². The Bertz CT molecular complexity index is 687. The molecule has 1 amide bonds. The van der Waals surface area contributed by atoms with Crippen LogP contribution < -0.4 is 10.1 Å². The predicted molar refractivity (Wildman–Crippen MR) is 78.4 cm³/mol. The molecule has 0 fully saturated rings. The Morgan fingerprint density at radius 3 is 2.81 bits per heavy atom. The van der Waals surface area contributed by atoms with Crippen LogP contribution in [0.2, 0.25) is 0 Å². The molecule has 0 aliphatic carbocycles. The number of hydrogen-bond donors (Lipinski definition) is 1. The van der Waals surface area contributed by atoms with Crippen LogP contribution in [0.3, 0.4) is 0 Å². The van der Waals surface area contributed by atoms with E-state index in [1.807, 2.05) is 0 Å². The van der Waals surface area contributed by atoms with Gasteiger partial charge in [0.1, 0.15) is 6.61 Å². The Labute approximate surface area is 129 Å². The summed E-state index contributed by atoms with van der Waals surface area (Å²) < 4.78 is 23.9. The quantitative estimate of drug-likeness (QED) is 0.861. The zero-order chi connectivity index (χ0) is 15.1. The maximum atomic E-state index is 13.2. The van der Waals surface area contributed by atoms with E-state index >= 15 is 0 Å². The molecule has 0 atom stereocenters. The van der Waals surface area contributed by atoms with E-state index < -0.39 is 5.82 Å². The molecule has 0 saturated heterocycles. The van der Waals surface area contributed by atoms with Gasteiger partial charge in [-0.1, -0.05) is 24.0 Å². The number of amides is 1. The average molecular weight is 352 g/mol. The molecular formula is C15H11BrFNO3. The fourth-order valence-electron chi connectivity index (χ4n) is 1.44. The summed E-state index contributed by atoms with van der Waals surface area (Å²) in [6.45, 7) is 0.195. The van der Waals surface area contributed by atoms with Crippen LogP contribution in [-0.4, -0.2) is 19.1 Å². The topological polar surface area (TPSA) is 51.5 Å². The number of nitrogens with one attached hydrogen (secondary N) is 1. The molecule has 0 aliphatic rings. The first-order valence-electron chi connectivity index (χ1n) is 6.03. The summed E-state index contributed by atoms with van der Waals surface area (Å²) in [6.07, 6.45) is 0. The molecule has 6 heteroatoms. The van der Waals surface area contributed by atoms with Crippen LogP contribution in [0.4, 0.5) is 4.39 Å². The third kappa shape index (κ3) is 4.65. The molecule has 0 bridgehead atoms. The van der Waals surface area contributed by atoms with E-state index in [0.29, 0.717) is 4.67 Å². The number of carbonyl (C=O) groups is 1. The monoisotopic (exact) mass is 351 g/mol. The smallest absolute Gasteiger partial charge is 0.287 e. The number of carbonyl (C=O) groups excluding carboxylic acids is 1. The van der Waals surface area contributed by atoms with Gasteiger partial charge in [0.05, 0.1) is 6.54 Å². The number of hydrogen-bond acceptors (Lipinski definition) is 3. The predicted octanol–water partition coefficient (Wildman–Crippen LogP) is 2.99. The minimum absolute atomic E-state index is 0.0447. The van der Waals surface area contributed by atoms with E-state index in [9.17, 15) is 9.18 Å². The summed E-state index contributed by atoms with van der Waals surface area (Å²) in [7, 11) is 0. The minimum Gasteiger partial charge on any atom is -0.478 e. The van der Waals surface area contributed by atoms with Crippen LogP contribution >= 0.6 is 15.9 Å². The lowest BCUT2D eigenvalue weighted by Crippen LogP contribution is -2.23. The van der Waals surface area contributed by atoms with Crippen LogP contribution in [0, 0.1) is 17.7 Å². The SMILES string of the molecule is O=C(NCC#CCOc1ccccc1F)c1ccc(Br)o1. The molecule has 108 valence electrons. The first kappa shape index (κ1) is 15.1. The second-order valence-electron chi connectivity index (χ2n) is 3.86. The molecule has 2 rings (SSSR count). The molecule has 0 saturated carbocycles. The Kier molecular flexibility index (Phi) is 5.41. The molecule has 1 heterocycles. The largest absolute Gasteiger partial charge is 0.478 e. The van der Waals surface area contributed by atoms with Crippen LogP contribution in [0.5, 0.6) is 5.75 Å². The molecule has 0 radical (unpaired) electrons. The number of ether oxygens (including phenoxy) is 1. The molecule has 0 unspecified atom stereocenters. The van der Waals surface area contributed by atoms with Gasteiger partial charge < -0.3 is 14.5 Å². The van der Waals surface area contributed by atoms with Crippen LogP contribution in [0.25, 0.3) is 0 Å². The lowest BCUT2D eigenvalue weighted by Gasteiger charge is -2.02. The van der Waals surface area contributed by atoms with Gasteiger partial charge >= 0.3 is 0 Å². The lowest BCUT2D eigenvalue weighted by atomic mass is 10.3. The molecule has 1 N–H and O–H groups in total. The third-order valence-electron chi connectivity index (χ3n) is 2.40. The van der Waals surface area contributed by atoms with Crippen molar-refractivity contribution >= 4 is 21.8 Å². The van der Waals surface area contributed by atoms with Gasteiger partial charge in [0, 0.05) is 0 Å². The Morgan fingerprint density at radius 2 is 2.10 bits per heavy atom. The van der Waals surface area contributed by atoms with Gasteiger partial charge in [0.25, 0.3) is 5.91 Å². The first-order valence-corrected chi connectivity index (χ1v) is 6.82. The molecule has 0 aliphatic heterocycles. The molecule has 0 spiro atoms. The third-order valence-corrected chi connectivity index (χ3v) is 2.82. The molecule has 2 aromatic rings. The average Bonchev–Trinajstić information content (AvgIpc) is 2.91. The van der Waals surface area contributed by atoms with Gasteiger partial charge in [-0.15, -0.1) is 0 Å². The number of halogens is 2. The highest BCUT2D eigenvalue weighted by Crippen LogP contribution is 2.15. The van der Waals surface area contributed by atoms with E-state index in [-0.39, 0.29) is 30.6 Å². The second-order valence-corrected chi connectivity index (χ2v) is 4.64. The maximum Gasteiger partial charge on any atom is 0.287 e. The number of benzene rings is 1. The second kappa shape index (κ2) is 7.50. The first-order chi connectivity index (χ1) is 10.2. The molecule has 1 aromatic carbocycles. The Morgan fingerprint density at radius 1 is 1.29 bits per heavy atom. The van der Waals surface area contributed by atoms with Gasteiger partial charge in [0.2, 0.25) is 0 Å². The van der Waals surface area contributed by atoms with E-state index in [0.717, 1.165) is 0 Å². The van der Waals surface area contributed by atoms with Gasteiger partial charge in [-0.25, -0.2) is 4.39 Å². The number of rotatable bonds is 4. The fraction of sp³-hybridized carbons (Fsp3) is 0.133. The zero-order valence-electron chi connectivity index (χ0n) is 10.9. The molecule has 4 nitrogen and oxygen atoms in total. The van der Waals surface area contributed by atoms with Crippen molar-refractivity contribution < 1.29 is 18.3 Å². The number of furan rings is 1. The van der Waals surface area contributed by atoms with Gasteiger partial charge in [0.15, 0.2) is 22.0 Å². The zero-order valence-corrected chi connectivity index (χ0v) is 12.4. The summed E-state index contributed by atoms with van der Waals surface area (Å²) in [6, 6.07) is 9.26. The van der Waals surface area contributed by atoms with E-state index in [4.69, 9.17) is 9.15 Å². The minimum atomic E-state index is -0.434. The van der Waals surface area contributed by atoms with E-state index in [1.54, 1.807) is 24.3 Å². The highest BCUT2D eigenvalue weighted by atomic mass is 79.9. The maximum absolute atomic E-state index is 13.2. The summed E-state index contributed by atoms with van der Waals surface area (Å²) in [5, 5.41) is 2.57. The van der Waals surface area contributed by atoms with E-state index in [1.165, 1.54) is 12.1 Å². The Balaban J connectivity index is 1.72. The summed E-state index contributed by atoms with van der Waals surface area (Å²) >= 11 is 3.11. The van der Waals surface area contributed by atoms with Crippen molar-refractivity contribution in [3.05, 3.63) is 52.6 Å².